The first-order valence-corrected chi connectivity index (χ1v) is 12.6. The molecule has 0 bridgehead atoms. The molecule has 0 radical (unpaired) electrons. The number of ether oxygens (including phenoxy) is 1. The van der Waals surface area contributed by atoms with E-state index in [2.05, 4.69) is 16.0 Å². The van der Waals surface area contributed by atoms with Crippen LogP contribution < -0.4 is 20.7 Å². The molecule has 206 valence electrons. The molecule has 0 fully saturated rings. The molecular weight excluding hydrogens is 493 g/mol. The van der Waals surface area contributed by atoms with Gasteiger partial charge in [-0.1, -0.05) is 6.92 Å². The Hall–Kier alpha value is -3.86. The van der Waals surface area contributed by atoms with Crippen molar-refractivity contribution in [2.45, 2.75) is 45.9 Å². The molecule has 0 aliphatic carbocycles. The zero-order valence-electron chi connectivity index (χ0n) is 22.3. The minimum Gasteiger partial charge on any atom is -0.487 e. The van der Waals surface area contributed by atoms with E-state index in [0.717, 1.165) is 0 Å². The molecule has 0 unspecified atom stereocenters. The molecule has 2 aromatic rings. The van der Waals surface area contributed by atoms with Crippen molar-refractivity contribution in [3.8, 4) is 5.75 Å². The number of hydrogen-bond donors (Lipinski definition) is 4. The number of carbonyl (C=O) groups excluding carboxylic acids is 3. The molecular formula is C27H36FN5O5. The summed E-state index contributed by atoms with van der Waals surface area (Å²) < 4.78 is 19.5. The molecule has 1 aliphatic heterocycles. The lowest BCUT2D eigenvalue weighted by Crippen LogP contribution is -2.50. The van der Waals surface area contributed by atoms with E-state index >= 15 is 0 Å². The summed E-state index contributed by atoms with van der Waals surface area (Å²) in [7, 11) is 1.62. The zero-order chi connectivity index (χ0) is 28.0. The molecule has 0 saturated heterocycles. The average molecular weight is 530 g/mol. The van der Waals surface area contributed by atoms with E-state index in [4.69, 9.17) is 4.74 Å². The van der Waals surface area contributed by atoms with E-state index in [1.54, 1.807) is 37.1 Å². The van der Waals surface area contributed by atoms with Crippen molar-refractivity contribution in [1.29, 1.82) is 0 Å². The summed E-state index contributed by atoms with van der Waals surface area (Å²) in [4.78, 5) is 41.5. The third kappa shape index (κ3) is 7.34. The van der Waals surface area contributed by atoms with Crippen LogP contribution in [0.5, 0.6) is 5.75 Å². The highest BCUT2D eigenvalue weighted by atomic mass is 19.1. The normalized spacial score (nSPS) is 18.0. The number of rotatable bonds is 7. The van der Waals surface area contributed by atoms with Crippen molar-refractivity contribution in [1.82, 2.24) is 15.1 Å². The van der Waals surface area contributed by atoms with E-state index in [-0.39, 0.29) is 43.1 Å². The van der Waals surface area contributed by atoms with Crippen molar-refractivity contribution in [2.24, 2.45) is 5.92 Å². The van der Waals surface area contributed by atoms with Crippen molar-refractivity contribution >= 4 is 29.3 Å². The van der Waals surface area contributed by atoms with Gasteiger partial charge in [-0.3, -0.25) is 4.79 Å². The average Bonchev–Trinajstić information content (AvgIpc) is 2.86. The van der Waals surface area contributed by atoms with Gasteiger partial charge in [0.05, 0.1) is 24.8 Å². The lowest BCUT2D eigenvalue weighted by Gasteiger charge is -2.38. The van der Waals surface area contributed by atoms with Gasteiger partial charge in [0.2, 0.25) is 0 Å². The zero-order valence-corrected chi connectivity index (χ0v) is 22.3. The van der Waals surface area contributed by atoms with Crippen LogP contribution in [0.2, 0.25) is 0 Å². The maximum atomic E-state index is 13.5. The Morgan fingerprint density at radius 2 is 1.79 bits per heavy atom. The Bertz CT molecular complexity index is 1140. The SMILES string of the molecule is CC(C)NC(=O)Nc1ccc2c(c1)C(=O)N([C@H](C)CO)C[C@@H](C)[C@@H](CN(C)C(=O)Nc1ccc(F)cc1)O2. The van der Waals surface area contributed by atoms with Crippen molar-refractivity contribution in [2.75, 3.05) is 37.4 Å². The third-order valence-corrected chi connectivity index (χ3v) is 6.24. The first-order valence-electron chi connectivity index (χ1n) is 12.6. The van der Waals surface area contributed by atoms with Gasteiger partial charge >= 0.3 is 12.1 Å². The van der Waals surface area contributed by atoms with Gasteiger partial charge in [-0.2, -0.15) is 0 Å². The molecule has 0 aromatic heterocycles. The van der Waals surface area contributed by atoms with Crippen LogP contribution >= 0.6 is 0 Å². The van der Waals surface area contributed by atoms with Gasteiger partial charge in [-0.25, -0.2) is 14.0 Å². The molecule has 3 rings (SSSR count). The van der Waals surface area contributed by atoms with Crippen LogP contribution in [-0.4, -0.2) is 77.8 Å². The first kappa shape index (κ1) is 28.7. The lowest BCUT2D eigenvalue weighted by atomic mass is 9.99. The Kier molecular flexibility index (Phi) is 9.51. The maximum absolute atomic E-state index is 13.5. The second kappa shape index (κ2) is 12.6. The fourth-order valence-electron chi connectivity index (χ4n) is 4.05. The predicted octanol–water partition coefficient (Wildman–Crippen LogP) is 3.74. The third-order valence-electron chi connectivity index (χ3n) is 6.24. The first-order chi connectivity index (χ1) is 18.0. The van der Waals surface area contributed by atoms with Crippen LogP contribution in [0.4, 0.5) is 25.4 Å². The highest BCUT2D eigenvalue weighted by Crippen LogP contribution is 2.30. The van der Waals surface area contributed by atoms with Crippen LogP contribution in [0.3, 0.4) is 0 Å². The van der Waals surface area contributed by atoms with Gasteiger partial charge in [0.1, 0.15) is 17.7 Å². The fraction of sp³-hybridized carbons (Fsp3) is 0.444. The van der Waals surface area contributed by atoms with Gasteiger partial charge in [0.15, 0.2) is 0 Å². The summed E-state index contributed by atoms with van der Waals surface area (Å²) in [6, 6.07) is 8.93. The molecule has 5 amide bonds. The fourth-order valence-corrected chi connectivity index (χ4v) is 4.05. The van der Waals surface area contributed by atoms with Gasteiger partial charge in [0, 0.05) is 36.9 Å². The number of aliphatic hydroxyl groups is 1. The van der Waals surface area contributed by atoms with Gasteiger partial charge in [-0.15, -0.1) is 0 Å². The number of nitrogens with one attached hydrogen (secondary N) is 3. The largest absolute Gasteiger partial charge is 0.487 e. The molecule has 0 saturated carbocycles. The molecule has 1 heterocycles. The van der Waals surface area contributed by atoms with Gasteiger partial charge < -0.3 is 35.6 Å². The quantitative estimate of drug-likeness (QED) is 0.435. The second-order valence-corrected chi connectivity index (χ2v) is 9.90. The van der Waals surface area contributed by atoms with Crippen LogP contribution in [0.1, 0.15) is 38.1 Å². The molecule has 1 aliphatic rings. The second-order valence-electron chi connectivity index (χ2n) is 9.90. The van der Waals surface area contributed by atoms with Crippen molar-refractivity contribution < 1.29 is 28.6 Å². The summed E-state index contributed by atoms with van der Waals surface area (Å²) in [5.74, 6) is -0.621. The molecule has 38 heavy (non-hydrogen) atoms. The molecule has 3 atom stereocenters. The summed E-state index contributed by atoms with van der Waals surface area (Å²) in [6.07, 6.45) is -0.498. The number of aliphatic hydroxyl groups excluding tert-OH is 1. The number of hydrogen-bond acceptors (Lipinski definition) is 5. The van der Waals surface area contributed by atoms with Gasteiger partial charge in [0.25, 0.3) is 5.91 Å². The topological polar surface area (TPSA) is 123 Å². The highest BCUT2D eigenvalue weighted by Gasteiger charge is 2.34. The number of amides is 5. The van der Waals surface area contributed by atoms with E-state index in [1.165, 1.54) is 29.2 Å². The number of urea groups is 2. The number of carbonyl (C=O) groups is 3. The summed E-state index contributed by atoms with van der Waals surface area (Å²) in [6.45, 7) is 7.59. The minimum atomic E-state index is -0.498. The van der Waals surface area contributed by atoms with Crippen molar-refractivity contribution in [3.63, 3.8) is 0 Å². The Balaban J connectivity index is 1.85. The lowest BCUT2D eigenvalue weighted by molar-refractivity contribution is 0.0371. The van der Waals surface area contributed by atoms with E-state index < -0.39 is 30.0 Å². The summed E-state index contributed by atoms with van der Waals surface area (Å²) in [5, 5.41) is 18.0. The van der Waals surface area contributed by atoms with E-state index in [1.807, 2.05) is 20.8 Å². The molecule has 10 nitrogen and oxygen atoms in total. The summed E-state index contributed by atoms with van der Waals surface area (Å²) in [5.41, 5.74) is 1.11. The molecule has 11 heteroatoms. The minimum absolute atomic E-state index is 0.0651. The Morgan fingerprint density at radius 3 is 2.42 bits per heavy atom. The smallest absolute Gasteiger partial charge is 0.321 e. The van der Waals surface area contributed by atoms with Crippen molar-refractivity contribution in [3.05, 3.63) is 53.8 Å². The number of likely N-dealkylation sites (N-methyl/N-ethyl adjacent to an activating group) is 1. The van der Waals surface area contributed by atoms with Crippen LogP contribution in [-0.2, 0) is 0 Å². The standard InChI is InChI=1S/C27H36FN5O5/c1-16(2)29-26(36)30-21-10-11-23-22(12-21)25(35)33(18(4)15-34)13-17(3)24(38-23)14-32(5)27(37)31-20-8-6-19(28)7-9-20/h6-12,16-18,24,34H,13-15H2,1-5H3,(H,31,37)(H2,29,30,36)/t17-,18-,24-/m1/s1. The number of benzene rings is 2. The maximum Gasteiger partial charge on any atom is 0.321 e. The Morgan fingerprint density at radius 1 is 1.13 bits per heavy atom. The Labute approximate surface area is 222 Å². The monoisotopic (exact) mass is 529 g/mol. The van der Waals surface area contributed by atoms with Crippen LogP contribution in [0.15, 0.2) is 42.5 Å². The number of nitrogens with zero attached hydrogens (tertiary/aromatic N) is 2. The molecule has 2 aromatic carbocycles. The van der Waals surface area contributed by atoms with Crippen LogP contribution in [0.25, 0.3) is 0 Å². The molecule has 0 spiro atoms. The highest BCUT2D eigenvalue weighted by molar-refractivity contribution is 5.99. The van der Waals surface area contributed by atoms with E-state index in [0.29, 0.717) is 17.1 Å². The molecule has 4 N–H and O–H groups in total. The summed E-state index contributed by atoms with van der Waals surface area (Å²) >= 11 is 0. The van der Waals surface area contributed by atoms with Crippen LogP contribution in [0, 0.1) is 11.7 Å². The van der Waals surface area contributed by atoms with Gasteiger partial charge in [-0.05, 0) is 63.2 Å². The number of halogens is 1. The number of anilines is 2. The number of fused-ring (bicyclic) bond motifs is 1. The van der Waals surface area contributed by atoms with E-state index in [9.17, 15) is 23.9 Å². The predicted molar refractivity (Wildman–Crippen MR) is 143 cm³/mol.